The summed E-state index contributed by atoms with van der Waals surface area (Å²) in [5.41, 5.74) is 0. The maximum Gasteiger partial charge on any atom is 0.319 e. The van der Waals surface area contributed by atoms with Gasteiger partial charge in [0.2, 0.25) is 0 Å². The molecule has 0 amide bonds. The predicted molar refractivity (Wildman–Crippen MR) is 57.6 cm³/mol. The predicted octanol–water partition coefficient (Wildman–Crippen LogP) is 2.36. The Kier molecular flexibility index (Phi) is 5.14. The molecule has 0 heterocycles. The van der Waals surface area contributed by atoms with Crippen LogP contribution >= 0.6 is 31.9 Å². The Labute approximate surface area is 94.1 Å². The molecule has 13 heavy (non-hydrogen) atoms. The van der Waals surface area contributed by atoms with Crippen LogP contribution in [0.3, 0.4) is 0 Å². The van der Waals surface area contributed by atoms with E-state index < -0.39 is 15.1 Å². The highest BCUT2D eigenvalue weighted by molar-refractivity contribution is 9.13. The van der Waals surface area contributed by atoms with Crippen LogP contribution < -0.4 is 0 Å². The first-order chi connectivity index (χ1) is 5.86. The quantitative estimate of drug-likeness (QED) is 0.792. The lowest BCUT2D eigenvalue weighted by molar-refractivity contribution is -0.138. The van der Waals surface area contributed by atoms with E-state index in [-0.39, 0.29) is 5.78 Å². The van der Waals surface area contributed by atoms with Crippen LogP contribution in [0.4, 0.5) is 0 Å². The van der Waals surface area contributed by atoms with Gasteiger partial charge in [-0.3, -0.25) is 9.59 Å². The highest BCUT2D eigenvalue weighted by Crippen LogP contribution is 2.34. The van der Waals surface area contributed by atoms with Crippen molar-refractivity contribution >= 4 is 43.6 Å². The fourth-order valence-corrected chi connectivity index (χ4v) is 2.18. The van der Waals surface area contributed by atoms with Crippen LogP contribution in [0, 0.1) is 0 Å². The second kappa shape index (κ2) is 5.10. The van der Waals surface area contributed by atoms with Gasteiger partial charge in [0, 0.05) is 0 Å². The summed E-state index contributed by atoms with van der Waals surface area (Å²) in [4.78, 5) is 21.1. The first-order valence-corrected chi connectivity index (χ1v) is 5.64. The highest BCUT2D eigenvalue weighted by Gasteiger charge is 2.42. The Morgan fingerprint density at radius 1 is 1.54 bits per heavy atom. The van der Waals surface area contributed by atoms with Gasteiger partial charge in [0.25, 0.3) is 0 Å². The standard InChI is InChI=1S/C8H12Br2O3/c1-3-4-8(10,5(2)11)6(9)7(12)13/h6H,3-4H2,1-2H3,(H,12,13). The van der Waals surface area contributed by atoms with Crippen molar-refractivity contribution in [2.24, 2.45) is 0 Å². The van der Waals surface area contributed by atoms with Crippen LogP contribution in [0.2, 0.25) is 0 Å². The van der Waals surface area contributed by atoms with Crippen LogP contribution in [-0.4, -0.2) is 26.0 Å². The van der Waals surface area contributed by atoms with Gasteiger partial charge in [-0.1, -0.05) is 45.2 Å². The molecule has 0 aromatic rings. The van der Waals surface area contributed by atoms with Crippen molar-refractivity contribution in [3.8, 4) is 0 Å². The van der Waals surface area contributed by atoms with E-state index in [1.165, 1.54) is 6.92 Å². The van der Waals surface area contributed by atoms with Crippen molar-refractivity contribution in [3.05, 3.63) is 0 Å². The average molecular weight is 316 g/mol. The van der Waals surface area contributed by atoms with E-state index in [0.29, 0.717) is 6.42 Å². The van der Waals surface area contributed by atoms with Crippen molar-refractivity contribution < 1.29 is 14.7 Å². The van der Waals surface area contributed by atoms with E-state index in [9.17, 15) is 9.59 Å². The Morgan fingerprint density at radius 3 is 2.23 bits per heavy atom. The summed E-state index contributed by atoms with van der Waals surface area (Å²) in [5.74, 6) is -1.20. The minimum Gasteiger partial charge on any atom is -0.480 e. The SMILES string of the molecule is CCCC(Br)(C(C)=O)C(Br)C(=O)O. The molecule has 2 unspecified atom stereocenters. The fraction of sp³-hybridized carbons (Fsp3) is 0.750. The van der Waals surface area contributed by atoms with Gasteiger partial charge in [0.1, 0.15) is 14.9 Å². The number of hydrogen-bond acceptors (Lipinski definition) is 2. The van der Waals surface area contributed by atoms with Gasteiger partial charge in [-0.25, -0.2) is 0 Å². The summed E-state index contributed by atoms with van der Waals surface area (Å²) in [6.45, 7) is 3.29. The topological polar surface area (TPSA) is 54.4 Å². The molecule has 0 bridgehead atoms. The van der Waals surface area contributed by atoms with Crippen molar-refractivity contribution in [1.29, 1.82) is 0 Å². The van der Waals surface area contributed by atoms with Gasteiger partial charge in [-0.15, -0.1) is 0 Å². The number of Topliss-reactive ketones (excluding diaryl/α,β-unsaturated/α-hetero) is 1. The first kappa shape index (κ1) is 13.1. The molecule has 2 atom stereocenters. The Hall–Kier alpha value is 0.1000. The zero-order chi connectivity index (χ0) is 10.6. The average Bonchev–Trinajstić information content (AvgIpc) is 2.02. The zero-order valence-corrected chi connectivity index (χ0v) is 10.7. The molecule has 76 valence electrons. The van der Waals surface area contributed by atoms with E-state index in [0.717, 1.165) is 6.42 Å². The number of carboxylic acids is 1. The van der Waals surface area contributed by atoms with Gasteiger partial charge >= 0.3 is 5.97 Å². The van der Waals surface area contributed by atoms with Crippen LogP contribution in [0.15, 0.2) is 0 Å². The molecule has 0 rings (SSSR count). The zero-order valence-electron chi connectivity index (χ0n) is 7.51. The lowest BCUT2D eigenvalue weighted by Gasteiger charge is -2.26. The molecular weight excluding hydrogens is 304 g/mol. The van der Waals surface area contributed by atoms with Gasteiger partial charge in [0.15, 0.2) is 0 Å². The minimum absolute atomic E-state index is 0.168. The molecule has 5 heteroatoms. The third-order valence-electron chi connectivity index (χ3n) is 1.82. The van der Waals surface area contributed by atoms with Crippen LogP contribution in [0.5, 0.6) is 0 Å². The summed E-state index contributed by atoms with van der Waals surface area (Å²) in [7, 11) is 0. The molecular formula is C8H12Br2O3. The van der Waals surface area contributed by atoms with E-state index in [1.807, 2.05) is 6.92 Å². The summed E-state index contributed by atoms with van der Waals surface area (Å²) >= 11 is 6.20. The van der Waals surface area contributed by atoms with Gasteiger partial charge < -0.3 is 5.11 Å². The maximum absolute atomic E-state index is 11.3. The number of alkyl halides is 2. The van der Waals surface area contributed by atoms with E-state index in [4.69, 9.17) is 5.11 Å². The van der Waals surface area contributed by atoms with Crippen molar-refractivity contribution in [3.63, 3.8) is 0 Å². The third-order valence-corrected chi connectivity index (χ3v) is 5.02. The number of carbonyl (C=O) groups is 2. The molecule has 3 nitrogen and oxygen atoms in total. The molecule has 0 spiro atoms. The normalized spacial score (nSPS) is 17.5. The Morgan fingerprint density at radius 2 is 2.00 bits per heavy atom. The van der Waals surface area contributed by atoms with Crippen molar-refractivity contribution in [2.45, 2.75) is 35.8 Å². The summed E-state index contributed by atoms with van der Waals surface area (Å²) in [5, 5.41) is 8.76. The Bertz CT molecular complexity index is 217. The second-order valence-corrected chi connectivity index (χ2v) is 5.20. The second-order valence-electron chi connectivity index (χ2n) is 2.87. The summed E-state index contributed by atoms with van der Waals surface area (Å²) in [6.07, 6.45) is 1.25. The van der Waals surface area contributed by atoms with Gasteiger partial charge in [0.05, 0.1) is 0 Å². The smallest absolute Gasteiger partial charge is 0.319 e. The maximum atomic E-state index is 11.3. The number of carboxylic acid groups (broad SMARTS) is 1. The highest BCUT2D eigenvalue weighted by atomic mass is 79.9. The number of rotatable bonds is 5. The van der Waals surface area contributed by atoms with Crippen LogP contribution in [-0.2, 0) is 9.59 Å². The molecule has 0 saturated carbocycles. The van der Waals surface area contributed by atoms with Crippen LogP contribution in [0.1, 0.15) is 26.7 Å². The molecule has 0 aliphatic rings. The lowest BCUT2D eigenvalue weighted by atomic mass is 9.95. The third kappa shape index (κ3) is 3.06. The molecule has 0 aliphatic heterocycles. The lowest BCUT2D eigenvalue weighted by Crippen LogP contribution is -2.43. The molecule has 0 fully saturated rings. The molecule has 0 radical (unpaired) electrons. The molecule has 0 aromatic carbocycles. The number of hydrogen-bond donors (Lipinski definition) is 1. The van der Waals surface area contributed by atoms with E-state index >= 15 is 0 Å². The number of carbonyl (C=O) groups excluding carboxylic acids is 1. The number of aliphatic carboxylic acids is 1. The first-order valence-electron chi connectivity index (χ1n) is 3.93. The molecule has 0 saturated heterocycles. The fourth-order valence-electron chi connectivity index (χ4n) is 1.04. The van der Waals surface area contributed by atoms with E-state index in [2.05, 4.69) is 31.9 Å². The Balaban J connectivity index is 4.77. The van der Waals surface area contributed by atoms with E-state index in [1.54, 1.807) is 0 Å². The number of ketones is 1. The van der Waals surface area contributed by atoms with Crippen molar-refractivity contribution in [1.82, 2.24) is 0 Å². The molecule has 1 N–H and O–H groups in total. The molecule has 0 aromatic heterocycles. The van der Waals surface area contributed by atoms with Crippen molar-refractivity contribution in [2.75, 3.05) is 0 Å². The summed E-state index contributed by atoms with van der Waals surface area (Å²) < 4.78 is -0.979. The summed E-state index contributed by atoms with van der Waals surface area (Å²) in [6, 6.07) is 0. The molecule has 0 aliphatic carbocycles. The number of halogens is 2. The minimum atomic E-state index is -1.03. The van der Waals surface area contributed by atoms with Gasteiger partial charge in [-0.05, 0) is 13.3 Å². The monoisotopic (exact) mass is 314 g/mol. The van der Waals surface area contributed by atoms with Gasteiger partial charge in [-0.2, -0.15) is 0 Å². The van der Waals surface area contributed by atoms with Crippen LogP contribution in [0.25, 0.3) is 0 Å². The largest absolute Gasteiger partial charge is 0.480 e.